The number of fused-ring (bicyclic) bond motifs is 1. The van der Waals surface area contributed by atoms with Gasteiger partial charge in [0.25, 0.3) is 5.91 Å². The van der Waals surface area contributed by atoms with Crippen LogP contribution in [-0.2, 0) is 27.7 Å². The summed E-state index contributed by atoms with van der Waals surface area (Å²) < 4.78 is 53.0. The quantitative estimate of drug-likeness (QED) is 0.0753. The molecule has 4 aliphatic rings. The summed E-state index contributed by atoms with van der Waals surface area (Å²) in [5.74, 6) is -0.357. The fourth-order valence-corrected chi connectivity index (χ4v) is 11.5. The highest BCUT2D eigenvalue weighted by atomic mass is 35.5. The van der Waals surface area contributed by atoms with Gasteiger partial charge in [0.15, 0.2) is 5.82 Å². The molecule has 374 valence electrons. The molecule has 4 aromatic carbocycles. The van der Waals surface area contributed by atoms with Gasteiger partial charge in [-0.2, -0.15) is 10.1 Å². The number of piperidine rings is 2. The lowest BCUT2D eigenvalue weighted by atomic mass is 9.91. The normalized spacial score (nSPS) is 18.3. The maximum absolute atomic E-state index is 16.9. The first kappa shape index (κ1) is 48.7. The zero-order valence-electron chi connectivity index (χ0n) is 40.4. The van der Waals surface area contributed by atoms with Crippen molar-refractivity contribution in [3.05, 3.63) is 113 Å². The van der Waals surface area contributed by atoms with E-state index in [1.54, 1.807) is 72.6 Å². The number of hydrogen-bond acceptors (Lipinski definition) is 13. The number of benzene rings is 4. The molecule has 72 heavy (non-hydrogen) atoms. The Bertz CT molecular complexity index is 3150. The maximum atomic E-state index is 16.9. The van der Waals surface area contributed by atoms with Gasteiger partial charge in [-0.05, 0) is 73.3 Å². The molecule has 0 unspecified atom stereocenters. The number of piperazine rings is 1. The van der Waals surface area contributed by atoms with Crippen molar-refractivity contribution in [3.8, 4) is 28.0 Å². The number of nitrogens with one attached hydrogen (secondary N) is 3. The molecule has 20 heteroatoms. The molecular weight excluding hydrogens is 963 g/mol. The Morgan fingerprint density at radius 1 is 0.875 bits per heavy atom. The van der Waals surface area contributed by atoms with Crippen molar-refractivity contribution in [2.75, 3.05) is 86.7 Å². The highest BCUT2D eigenvalue weighted by Crippen LogP contribution is 2.44. The minimum absolute atomic E-state index is 0.198. The van der Waals surface area contributed by atoms with E-state index in [1.807, 2.05) is 43.6 Å². The summed E-state index contributed by atoms with van der Waals surface area (Å²) in [5, 5.41) is 14.1. The second kappa shape index (κ2) is 19.6. The predicted molar refractivity (Wildman–Crippen MR) is 276 cm³/mol. The molecular formula is C52H55ClF2N11O5P. The van der Waals surface area contributed by atoms with E-state index in [0.717, 1.165) is 28.1 Å². The first-order chi connectivity index (χ1) is 34.5. The molecule has 0 bridgehead atoms. The Morgan fingerprint density at radius 2 is 1.65 bits per heavy atom. The number of anilines is 6. The minimum atomic E-state index is -2.90. The van der Waals surface area contributed by atoms with Gasteiger partial charge in [-0.1, -0.05) is 35.9 Å². The number of carbonyl (C=O) groups excluding carboxylic acids is 3. The van der Waals surface area contributed by atoms with Gasteiger partial charge >= 0.3 is 0 Å². The molecule has 0 aliphatic carbocycles. The van der Waals surface area contributed by atoms with Crippen LogP contribution in [0.3, 0.4) is 0 Å². The Balaban J connectivity index is 0.808. The van der Waals surface area contributed by atoms with Gasteiger partial charge in [0.1, 0.15) is 35.4 Å². The van der Waals surface area contributed by atoms with E-state index in [0.29, 0.717) is 111 Å². The number of methoxy groups -OCH3 is 1. The number of aromatic nitrogens is 4. The summed E-state index contributed by atoms with van der Waals surface area (Å²) >= 11 is 6.66. The number of alkyl halides is 1. The van der Waals surface area contributed by atoms with E-state index < -0.39 is 24.8 Å². The van der Waals surface area contributed by atoms with Crippen molar-refractivity contribution < 1.29 is 32.5 Å². The summed E-state index contributed by atoms with van der Waals surface area (Å²) in [6.45, 7) is 7.67. The van der Waals surface area contributed by atoms with Crippen molar-refractivity contribution in [2.45, 2.75) is 43.9 Å². The number of rotatable bonds is 13. The van der Waals surface area contributed by atoms with Crippen LogP contribution in [-0.4, -0.2) is 125 Å². The fraction of sp³-hybridized carbons (Fsp3) is 0.346. The molecule has 3 fully saturated rings. The number of nitrogens with zero attached hydrogens (tertiary/aromatic N) is 8. The molecule has 2 aromatic heterocycles. The Kier molecular flexibility index (Phi) is 13.3. The third-order valence-corrected chi connectivity index (χ3v) is 15.9. The summed E-state index contributed by atoms with van der Waals surface area (Å²) in [7, 11) is 0.532. The van der Waals surface area contributed by atoms with Crippen molar-refractivity contribution in [2.24, 2.45) is 7.05 Å². The van der Waals surface area contributed by atoms with E-state index in [-0.39, 0.29) is 40.8 Å². The highest BCUT2D eigenvalue weighted by Gasteiger charge is 2.41. The van der Waals surface area contributed by atoms with Gasteiger partial charge in [-0.3, -0.25) is 29.3 Å². The second-order valence-electron chi connectivity index (χ2n) is 19.3. The number of ether oxygens (including phenoxy) is 1. The van der Waals surface area contributed by atoms with Crippen LogP contribution < -0.4 is 35.8 Å². The van der Waals surface area contributed by atoms with Crippen LogP contribution in [0.4, 0.5) is 43.3 Å². The zero-order valence-corrected chi connectivity index (χ0v) is 42.1. The zero-order chi connectivity index (χ0) is 50.5. The van der Waals surface area contributed by atoms with Crippen molar-refractivity contribution in [1.29, 1.82) is 0 Å². The number of amides is 3. The molecule has 3 saturated heterocycles. The Hall–Kier alpha value is -6.88. The van der Waals surface area contributed by atoms with Gasteiger partial charge in [-0.15, -0.1) is 0 Å². The summed E-state index contributed by atoms with van der Waals surface area (Å²) in [4.78, 5) is 54.9. The Morgan fingerprint density at radius 3 is 2.36 bits per heavy atom. The average Bonchev–Trinajstić information content (AvgIpc) is 3.94. The van der Waals surface area contributed by atoms with E-state index in [1.165, 1.54) is 12.3 Å². The summed E-state index contributed by atoms with van der Waals surface area (Å²) in [6.07, 6.45) is 6.35. The van der Waals surface area contributed by atoms with E-state index >= 15 is 4.39 Å². The van der Waals surface area contributed by atoms with Gasteiger partial charge < -0.3 is 34.6 Å². The molecule has 4 aliphatic heterocycles. The maximum Gasteiger partial charge on any atom is 0.255 e. The number of carbonyl (C=O) groups is 3. The average molecular weight is 1020 g/mol. The second-order valence-corrected chi connectivity index (χ2v) is 22.9. The topological polar surface area (TPSA) is 170 Å². The van der Waals surface area contributed by atoms with Crippen molar-refractivity contribution >= 4 is 76.3 Å². The number of imide groups is 1. The number of aryl methyl sites for hydroxylation is 1. The van der Waals surface area contributed by atoms with Crippen LogP contribution in [0.25, 0.3) is 22.3 Å². The van der Waals surface area contributed by atoms with Gasteiger partial charge in [0.2, 0.25) is 17.8 Å². The summed E-state index contributed by atoms with van der Waals surface area (Å²) in [5.41, 5.74) is 5.65. The smallest absolute Gasteiger partial charge is 0.255 e. The van der Waals surface area contributed by atoms with Crippen molar-refractivity contribution in [1.82, 2.24) is 34.9 Å². The molecule has 3 amide bonds. The van der Waals surface area contributed by atoms with E-state index in [2.05, 4.69) is 40.7 Å². The van der Waals surface area contributed by atoms with Crippen molar-refractivity contribution in [3.63, 3.8) is 0 Å². The van der Waals surface area contributed by atoms with Gasteiger partial charge in [0.05, 0.1) is 30.9 Å². The van der Waals surface area contributed by atoms with E-state index in [9.17, 15) is 23.3 Å². The molecule has 3 N–H and O–H groups in total. The number of halogens is 3. The van der Waals surface area contributed by atoms with Gasteiger partial charge in [-0.25, -0.2) is 13.8 Å². The lowest BCUT2D eigenvalue weighted by Crippen LogP contribution is -2.53. The Labute approximate surface area is 421 Å². The van der Waals surface area contributed by atoms with Crippen LogP contribution in [0.5, 0.6) is 5.75 Å². The van der Waals surface area contributed by atoms with E-state index in [4.69, 9.17) is 21.3 Å². The molecule has 16 nitrogen and oxygen atoms in total. The molecule has 0 spiro atoms. The third-order valence-electron chi connectivity index (χ3n) is 14.1. The number of hydrogen-bond donors (Lipinski definition) is 3. The highest BCUT2D eigenvalue weighted by molar-refractivity contribution is 7.70. The first-order valence-electron chi connectivity index (χ1n) is 23.9. The lowest BCUT2D eigenvalue weighted by Gasteiger charge is -2.43. The fourth-order valence-electron chi connectivity index (χ4n) is 10.2. The van der Waals surface area contributed by atoms with Crippen LogP contribution in [0.1, 0.15) is 41.6 Å². The monoisotopic (exact) mass is 1020 g/mol. The predicted octanol–water partition coefficient (Wildman–Crippen LogP) is 7.97. The lowest BCUT2D eigenvalue weighted by molar-refractivity contribution is -0.136. The standard InChI is InChI=1S/C52H55ClF2N11O5P/c1-62-29-34(27-57-62)38-25-42(59-51-56-28-39(53)48(61-51)58-41-12-9-32(24-46(41)72(3,4)70)36-7-5-6-8-40(36)54)45(71-2)26-44(38)65-17-15-52(55,16-18-65)31-63-19-21-64(22-20-63)35-10-11-37-33(23-35)30-66(50(37)69)43-13-14-47(67)60-49(43)68/h5-12,23-29,43H,13-22,30-31H2,1-4H3,(H,60,67,68)(H2,56,58,59,61)/t43-/m1/s1. The largest absolute Gasteiger partial charge is 0.494 e. The van der Waals surface area contributed by atoms with Crippen LogP contribution in [0.2, 0.25) is 5.02 Å². The SMILES string of the molecule is COc1cc(N2CCC(F)(CN3CCN(c4ccc5c(c4)CN([C@@H]4CCC(=O)NC4=O)C5=O)CC3)CC2)c(-c2cnn(C)c2)cc1Nc1ncc(Cl)c(Nc2ccc(-c3ccccc3F)cc2P(C)(C)=O)n1. The van der Waals surface area contributed by atoms with Crippen LogP contribution in [0, 0.1) is 5.82 Å². The molecule has 10 rings (SSSR count). The molecule has 6 aromatic rings. The first-order valence-corrected chi connectivity index (χ1v) is 26.9. The van der Waals surface area contributed by atoms with Crippen LogP contribution in [0.15, 0.2) is 91.4 Å². The minimum Gasteiger partial charge on any atom is -0.494 e. The van der Waals surface area contributed by atoms with Gasteiger partial charge in [0, 0.05) is 130 Å². The molecule has 0 radical (unpaired) electrons. The molecule has 1 atom stereocenters. The third kappa shape index (κ3) is 9.99. The summed E-state index contributed by atoms with van der Waals surface area (Å²) in [6, 6.07) is 20.7. The molecule has 6 heterocycles. The van der Waals surface area contributed by atoms with Crippen LogP contribution >= 0.6 is 18.7 Å². The molecule has 0 saturated carbocycles.